The summed E-state index contributed by atoms with van der Waals surface area (Å²) in [6, 6.07) is 22.7. The number of hydrogen-bond acceptors (Lipinski definition) is 26. The number of hydrogen-bond donors (Lipinski definition) is 8. The van der Waals surface area contributed by atoms with Crippen molar-refractivity contribution in [2.75, 3.05) is 39.3 Å². The largest absolute Gasteiger partial charge is 0.458 e. The fourth-order valence-corrected chi connectivity index (χ4v) is 20.6. The first-order valence-electron chi connectivity index (χ1n) is 49.2. The molecular formula is C107H114F2N12O24. The number of halogens is 2. The monoisotopic (exact) mass is 1990 g/mol. The number of likely N-dealkylation sites (tertiary alicyclic amines) is 1. The van der Waals surface area contributed by atoms with Gasteiger partial charge in [-0.25, -0.2) is 28.3 Å². The standard InChI is InChI=1S/C54H59FN6O12.C53H55FN6O12/c1-4-54(72)39-23-43-49-37(27-61(43)52(70)38(39)28-73-53(54)71)48-41(17-16-36-30(3)40(55)24-42(59-49)47(36)48)58-45(66)14-8-12-34(63)25-57-50(68)32(21-31-10-6-5-7-11-31)22-35(64)26-56-44(65)18-15-33(62)13-9-19-60-46(67)20-29(2)51(60)69;1-3-53(71)38-23-42-49-36(27-60(42)51(69)37(38)28-72-52(53)70)48-40(16-15-35-29(2)39(54)24-41(58-49)47(35)48)57-44(65)13-7-11-33(62)25-56-50(68)31(21-30-9-5-4-6-10-30)22-34(63)26-55-43(64)17-14-32(61)12-8-20-59-45(66)18-19-46(59)67/h5-7,10-11,23-24,29,32,41,72H,4,8-9,12-22,25-28H2,1-3H3,(H,56,65)(H,57,68)(H,58,66);4-6,9-10,18-19,23-24,31,40,71H,3,7-8,11-17,20-22,25-28H2,1-2H3,(H,55,64)(H,56,68)(H,57,65)/t29?,32-,41+,54+;31-,40+,53+/m11/s1. The molecule has 16 rings (SSSR count). The summed E-state index contributed by atoms with van der Waals surface area (Å²) in [5.41, 5.74) is 4.39. The van der Waals surface area contributed by atoms with Crippen LogP contribution < -0.4 is 43.0 Å². The van der Waals surface area contributed by atoms with E-state index in [2.05, 4.69) is 31.9 Å². The number of benzene rings is 4. The quantitative estimate of drug-likeness (QED) is 0.0136. The van der Waals surface area contributed by atoms with Gasteiger partial charge in [0.1, 0.15) is 36.4 Å². The smallest absolute Gasteiger partial charge is 0.343 e. The lowest BCUT2D eigenvalue weighted by molar-refractivity contribution is -0.172. The Hall–Kier alpha value is -14.8. The Kier molecular flexibility index (Phi) is 32.4. The van der Waals surface area contributed by atoms with E-state index in [4.69, 9.17) is 19.4 Å². The number of cyclic esters (lactones) is 2. The summed E-state index contributed by atoms with van der Waals surface area (Å²) >= 11 is 0. The number of fused-ring (bicyclic) bond motifs is 10. The van der Waals surface area contributed by atoms with Crippen LogP contribution in [0.2, 0.25) is 0 Å². The average Bonchev–Trinajstić information content (AvgIpc) is 1.57. The molecule has 0 bridgehead atoms. The summed E-state index contributed by atoms with van der Waals surface area (Å²) in [7, 11) is 0. The maximum atomic E-state index is 15.4. The Morgan fingerprint density at radius 2 is 0.855 bits per heavy atom. The van der Waals surface area contributed by atoms with E-state index >= 15 is 8.78 Å². The lowest BCUT2D eigenvalue weighted by Crippen LogP contribution is -2.44. The van der Waals surface area contributed by atoms with E-state index in [1.165, 1.54) is 21.3 Å². The van der Waals surface area contributed by atoms with Crippen molar-refractivity contribution in [2.24, 2.45) is 17.8 Å². The molecule has 38 heteroatoms. The van der Waals surface area contributed by atoms with Gasteiger partial charge in [0.25, 0.3) is 22.9 Å². The Balaban J connectivity index is 0.000000218. The van der Waals surface area contributed by atoms with E-state index in [0.717, 1.165) is 44.2 Å². The molecule has 10 amide bonds. The van der Waals surface area contributed by atoms with Gasteiger partial charge < -0.3 is 60.7 Å². The van der Waals surface area contributed by atoms with E-state index < -0.39 is 117 Å². The van der Waals surface area contributed by atoms with Gasteiger partial charge in [0, 0.05) is 172 Å². The number of carbonyl (C=O) groups excluding carboxylic acids is 18. The number of ketones is 6. The van der Waals surface area contributed by atoms with Crippen molar-refractivity contribution in [1.29, 1.82) is 0 Å². The molecule has 1 saturated heterocycles. The third-order valence-electron chi connectivity index (χ3n) is 28.7. The van der Waals surface area contributed by atoms with Crippen LogP contribution >= 0.6 is 0 Å². The highest BCUT2D eigenvalue weighted by molar-refractivity contribution is 6.13. The number of amides is 10. The molecule has 4 aromatic carbocycles. The maximum Gasteiger partial charge on any atom is 0.343 e. The average molecular weight is 1990 g/mol. The van der Waals surface area contributed by atoms with E-state index in [1.54, 1.807) is 101 Å². The van der Waals surface area contributed by atoms with Gasteiger partial charge in [0.05, 0.1) is 96.3 Å². The third kappa shape index (κ3) is 22.9. The first kappa shape index (κ1) is 105. The second-order valence-electron chi connectivity index (χ2n) is 38.4. The van der Waals surface area contributed by atoms with Crippen LogP contribution in [0.1, 0.15) is 246 Å². The number of imide groups is 2. The van der Waals surface area contributed by atoms with Crippen LogP contribution in [0, 0.1) is 43.2 Å². The summed E-state index contributed by atoms with van der Waals surface area (Å²) < 4.78 is 44.2. The van der Waals surface area contributed by atoms with E-state index in [-0.39, 0.29) is 269 Å². The molecular weight excluding hydrogens is 1880 g/mol. The summed E-state index contributed by atoms with van der Waals surface area (Å²) in [6.45, 7) is 6.61. The van der Waals surface area contributed by atoms with Crippen molar-refractivity contribution in [3.05, 3.63) is 207 Å². The van der Waals surface area contributed by atoms with Gasteiger partial charge in [-0.3, -0.25) is 96.1 Å². The summed E-state index contributed by atoms with van der Waals surface area (Å²) in [4.78, 5) is 269. The second-order valence-corrected chi connectivity index (χ2v) is 38.4. The van der Waals surface area contributed by atoms with Crippen LogP contribution in [0.25, 0.3) is 44.6 Å². The van der Waals surface area contributed by atoms with Crippen LogP contribution in [0.5, 0.6) is 0 Å². The van der Waals surface area contributed by atoms with Crippen LogP contribution in [-0.2, 0) is 159 Å². The van der Waals surface area contributed by atoms with Gasteiger partial charge in [0.2, 0.25) is 47.3 Å². The Morgan fingerprint density at radius 3 is 1.25 bits per heavy atom. The van der Waals surface area contributed by atoms with Crippen molar-refractivity contribution in [3.63, 3.8) is 0 Å². The van der Waals surface area contributed by atoms with Crippen LogP contribution in [0.15, 0.2) is 107 Å². The lowest BCUT2D eigenvalue weighted by Gasteiger charge is -2.31. The molecule has 10 heterocycles. The highest BCUT2D eigenvalue weighted by Crippen LogP contribution is 2.49. The Morgan fingerprint density at radius 1 is 0.462 bits per heavy atom. The van der Waals surface area contributed by atoms with Crippen LogP contribution in [-0.4, -0.2) is 184 Å². The number of nitrogens with one attached hydrogen (secondary N) is 6. The molecule has 1 fully saturated rings. The van der Waals surface area contributed by atoms with E-state index in [0.29, 0.717) is 110 Å². The first-order chi connectivity index (χ1) is 69.3. The van der Waals surface area contributed by atoms with Gasteiger partial charge in [-0.15, -0.1) is 0 Å². The first-order valence-corrected chi connectivity index (χ1v) is 49.2. The number of ether oxygens (including phenoxy) is 2. The molecule has 0 radical (unpaired) electrons. The van der Waals surface area contributed by atoms with Gasteiger partial charge in [-0.2, -0.15) is 0 Å². The van der Waals surface area contributed by atoms with Crippen molar-refractivity contribution < 1.29 is 115 Å². The van der Waals surface area contributed by atoms with Crippen molar-refractivity contribution in [2.45, 2.75) is 245 Å². The number of Topliss-reactive ketones (excluding diaryl/α,β-unsaturated/α-hetero) is 6. The number of aromatic nitrogens is 4. The SMILES string of the molecule is CC[C@@]1(O)C(=O)OCc2c1cc1n(c2=O)Cc2c-1nc1cc(F)c(C)c3c1c2[C@@H](NC(=O)CCCC(=O)CNC(=O)[C@@H](CC(=O)CNC(=O)CCC(=O)CCCN1C(=O)C=CC1=O)Cc1ccccc1)CC3.CC[C@@]1(O)C(=O)OCc2c1cc1n(c2=O)Cc2c-1nc1cc(F)c(C)c3c1c2[C@@H](NC(=O)CCCC(=O)CNC(=O)[C@@H](CC(=O)CNC(=O)CCC(=O)CCCN1C(=O)CC(C)C1=O)Cc1ccccc1)CC3. The molecule has 6 aliphatic heterocycles. The molecule has 1 unspecified atom stereocenters. The molecule has 7 atom stereocenters. The number of esters is 2. The molecule has 8 aliphatic rings. The predicted molar refractivity (Wildman–Crippen MR) is 516 cm³/mol. The molecule has 760 valence electrons. The fourth-order valence-electron chi connectivity index (χ4n) is 20.6. The molecule has 0 saturated carbocycles. The number of aliphatic hydroxyl groups is 2. The van der Waals surface area contributed by atoms with Gasteiger partial charge in [-0.05, 0) is 148 Å². The topological polar surface area (TPSA) is 515 Å². The van der Waals surface area contributed by atoms with Gasteiger partial charge >= 0.3 is 11.9 Å². The zero-order valence-electron chi connectivity index (χ0n) is 81.2. The van der Waals surface area contributed by atoms with Crippen molar-refractivity contribution in [3.8, 4) is 22.8 Å². The second kappa shape index (κ2) is 45.0. The summed E-state index contributed by atoms with van der Waals surface area (Å²) in [5.74, 6) is -11.0. The third-order valence-corrected chi connectivity index (χ3v) is 28.7. The highest BCUT2D eigenvalue weighted by Gasteiger charge is 2.49. The summed E-state index contributed by atoms with van der Waals surface area (Å²) in [6.07, 6.45) is 4.32. The lowest BCUT2D eigenvalue weighted by atomic mass is 9.81. The van der Waals surface area contributed by atoms with E-state index in [9.17, 15) is 106 Å². The number of nitrogens with zero attached hydrogens (tertiary/aromatic N) is 6. The Bertz CT molecular complexity index is 6850. The summed E-state index contributed by atoms with van der Waals surface area (Å²) in [5, 5.41) is 40.6. The van der Waals surface area contributed by atoms with Crippen molar-refractivity contribution >= 4 is 128 Å². The number of aryl methyl sites for hydroxylation is 2. The molecule has 0 spiro atoms. The zero-order chi connectivity index (χ0) is 104. The molecule has 145 heavy (non-hydrogen) atoms. The van der Waals surface area contributed by atoms with Crippen LogP contribution in [0.3, 0.4) is 0 Å². The fraction of sp³-hybridized carbons (Fsp3) is 0.439. The van der Waals surface area contributed by atoms with Gasteiger partial charge in [-0.1, -0.05) is 81.4 Å². The minimum atomic E-state index is -2.04. The Labute approximate surface area is 830 Å². The van der Waals surface area contributed by atoms with E-state index in [1.807, 2.05) is 6.07 Å². The normalized spacial score (nSPS) is 18.3. The molecule has 2 aliphatic carbocycles. The number of carbonyl (C=O) groups is 18. The van der Waals surface area contributed by atoms with Crippen LogP contribution in [0.4, 0.5) is 8.78 Å². The molecule has 8 aromatic rings. The molecule has 8 N–H and O–H groups in total. The molecule has 36 nitrogen and oxygen atoms in total. The van der Waals surface area contributed by atoms with Gasteiger partial charge in [0.15, 0.2) is 34.3 Å². The number of rotatable bonds is 44. The highest BCUT2D eigenvalue weighted by atomic mass is 19.1. The minimum Gasteiger partial charge on any atom is -0.458 e. The molecule has 4 aromatic heterocycles. The predicted octanol–water partition coefficient (Wildman–Crippen LogP) is 7.42. The zero-order valence-corrected chi connectivity index (χ0v) is 81.2. The number of pyridine rings is 4. The minimum absolute atomic E-state index is 0.0363. The van der Waals surface area contributed by atoms with Crippen molar-refractivity contribution in [1.82, 2.24) is 60.8 Å². The maximum absolute atomic E-state index is 15.4.